The predicted octanol–water partition coefficient (Wildman–Crippen LogP) is 2.16. The van der Waals surface area contributed by atoms with Crippen molar-refractivity contribution >= 4 is 27.5 Å². The van der Waals surface area contributed by atoms with Gasteiger partial charge in [-0.2, -0.15) is 4.98 Å². The lowest BCUT2D eigenvalue weighted by molar-refractivity contribution is 0.0800. The molecule has 20 heavy (non-hydrogen) atoms. The lowest BCUT2D eigenvalue weighted by Crippen LogP contribution is -2.10. The number of ether oxygens (including phenoxy) is 3. The fourth-order valence-corrected chi connectivity index (χ4v) is 2.41. The molecule has 0 atom stereocenters. The van der Waals surface area contributed by atoms with Crippen LogP contribution in [0.5, 0.6) is 5.88 Å². The molecule has 0 bridgehead atoms. The number of fused-ring (bicyclic) bond motifs is 1. The normalized spacial score (nSPS) is 10.9. The number of thiophene rings is 1. The van der Waals surface area contributed by atoms with Crippen LogP contribution < -0.4 is 10.1 Å². The summed E-state index contributed by atoms with van der Waals surface area (Å²) in [6.45, 7) is 2.40. The van der Waals surface area contributed by atoms with Crippen molar-refractivity contribution in [3.05, 3.63) is 11.4 Å². The number of nitrogens with zero attached hydrogens (tertiary/aromatic N) is 2. The molecule has 0 aliphatic rings. The first-order valence-electron chi connectivity index (χ1n) is 6.47. The van der Waals surface area contributed by atoms with Crippen LogP contribution in [0, 0.1) is 0 Å². The van der Waals surface area contributed by atoms with E-state index in [1.165, 1.54) is 0 Å². The molecule has 0 saturated carbocycles. The van der Waals surface area contributed by atoms with Crippen molar-refractivity contribution in [1.29, 1.82) is 0 Å². The highest BCUT2D eigenvalue weighted by atomic mass is 32.1. The summed E-state index contributed by atoms with van der Waals surface area (Å²) in [4.78, 5) is 9.61. The van der Waals surface area contributed by atoms with Crippen molar-refractivity contribution in [2.45, 2.75) is 6.42 Å². The van der Waals surface area contributed by atoms with Gasteiger partial charge in [-0.15, -0.1) is 11.3 Å². The molecule has 0 aromatic carbocycles. The molecule has 6 nitrogen and oxygen atoms in total. The van der Waals surface area contributed by atoms with Gasteiger partial charge in [-0.05, 0) is 17.9 Å². The molecule has 110 valence electrons. The van der Waals surface area contributed by atoms with E-state index in [1.54, 1.807) is 25.5 Å². The van der Waals surface area contributed by atoms with Gasteiger partial charge in [-0.1, -0.05) is 0 Å². The van der Waals surface area contributed by atoms with Crippen molar-refractivity contribution in [2.24, 2.45) is 0 Å². The number of nitrogens with one attached hydrogen (secondary N) is 1. The molecule has 0 spiro atoms. The van der Waals surface area contributed by atoms with E-state index in [4.69, 9.17) is 14.2 Å². The van der Waals surface area contributed by atoms with Crippen LogP contribution in [0.25, 0.3) is 10.2 Å². The van der Waals surface area contributed by atoms with Crippen LogP contribution in [0.2, 0.25) is 0 Å². The number of rotatable bonds is 9. The zero-order valence-electron chi connectivity index (χ0n) is 11.7. The summed E-state index contributed by atoms with van der Waals surface area (Å²) in [5, 5.41) is 5.85. The summed E-state index contributed by atoms with van der Waals surface area (Å²) in [7, 11) is 3.47. The quantitative estimate of drug-likeness (QED) is 0.716. The van der Waals surface area contributed by atoms with Crippen LogP contribution in [0.4, 0.5) is 5.95 Å². The smallest absolute Gasteiger partial charge is 0.227 e. The minimum atomic E-state index is 0.470. The second kappa shape index (κ2) is 7.98. The Hall–Kier alpha value is -1.44. The Bertz CT molecular complexity index is 533. The number of aromatic nitrogens is 2. The molecule has 1 N–H and O–H groups in total. The third-order valence-corrected chi connectivity index (χ3v) is 3.42. The Labute approximate surface area is 122 Å². The van der Waals surface area contributed by atoms with E-state index in [0.717, 1.165) is 16.6 Å². The summed E-state index contributed by atoms with van der Waals surface area (Å²) < 4.78 is 16.1. The minimum Gasteiger partial charge on any atom is -0.475 e. The Balaban J connectivity index is 1.84. The van der Waals surface area contributed by atoms with Gasteiger partial charge in [0, 0.05) is 27.4 Å². The first-order chi connectivity index (χ1) is 9.85. The Kier molecular flexibility index (Phi) is 5.97. The van der Waals surface area contributed by atoms with E-state index in [2.05, 4.69) is 15.3 Å². The molecule has 2 aromatic rings. The molecule has 2 heterocycles. The lowest BCUT2D eigenvalue weighted by atomic mass is 10.4. The fraction of sp³-hybridized carbons (Fsp3) is 0.538. The van der Waals surface area contributed by atoms with Crippen LogP contribution in [0.1, 0.15) is 6.42 Å². The van der Waals surface area contributed by atoms with Gasteiger partial charge in [0.1, 0.15) is 11.4 Å². The highest BCUT2D eigenvalue weighted by Crippen LogP contribution is 2.27. The van der Waals surface area contributed by atoms with E-state index < -0.39 is 0 Å². The minimum absolute atomic E-state index is 0.470. The topological polar surface area (TPSA) is 65.5 Å². The molecule has 0 radical (unpaired) electrons. The zero-order chi connectivity index (χ0) is 14.2. The lowest BCUT2D eigenvalue weighted by Gasteiger charge is -2.08. The maximum Gasteiger partial charge on any atom is 0.227 e. The van der Waals surface area contributed by atoms with E-state index in [9.17, 15) is 0 Å². The van der Waals surface area contributed by atoms with Crippen LogP contribution in [-0.2, 0) is 9.47 Å². The molecule has 2 aromatic heterocycles. The summed E-state index contributed by atoms with van der Waals surface area (Å²) in [6.07, 6.45) is 0.892. The van der Waals surface area contributed by atoms with Gasteiger partial charge in [-0.3, -0.25) is 0 Å². The molecule has 0 aliphatic carbocycles. The van der Waals surface area contributed by atoms with Gasteiger partial charge in [-0.25, -0.2) is 4.98 Å². The second-order valence-electron chi connectivity index (χ2n) is 4.05. The summed E-state index contributed by atoms with van der Waals surface area (Å²) in [5.74, 6) is 1.16. The van der Waals surface area contributed by atoms with Crippen LogP contribution >= 0.6 is 11.3 Å². The second-order valence-corrected chi connectivity index (χ2v) is 4.94. The van der Waals surface area contributed by atoms with Gasteiger partial charge in [0.2, 0.25) is 11.8 Å². The van der Waals surface area contributed by atoms with Gasteiger partial charge in [0.05, 0.1) is 12.0 Å². The first kappa shape index (κ1) is 15.0. The number of methoxy groups -OCH3 is 1. The van der Waals surface area contributed by atoms with Crippen molar-refractivity contribution in [3.8, 4) is 5.88 Å². The Morgan fingerprint density at radius 3 is 2.90 bits per heavy atom. The van der Waals surface area contributed by atoms with Gasteiger partial charge >= 0.3 is 0 Å². The molecular weight excluding hydrogens is 278 g/mol. The average Bonchev–Trinajstić information content (AvgIpc) is 2.94. The standard InChI is InChI=1S/C13H19N3O3S/c1-14-13-15-11(10-4-9-20-12(10)16-13)19-8-7-18-6-3-5-17-2/h4,9H,3,5-8H2,1-2H3,(H,14,15,16). The Morgan fingerprint density at radius 2 is 2.10 bits per heavy atom. The monoisotopic (exact) mass is 297 g/mol. The van der Waals surface area contributed by atoms with Crippen molar-refractivity contribution < 1.29 is 14.2 Å². The van der Waals surface area contributed by atoms with Gasteiger partial charge in [0.15, 0.2) is 0 Å². The van der Waals surface area contributed by atoms with Crippen molar-refractivity contribution in [3.63, 3.8) is 0 Å². The van der Waals surface area contributed by atoms with Crippen molar-refractivity contribution in [1.82, 2.24) is 9.97 Å². The largest absolute Gasteiger partial charge is 0.475 e. The van der Waals surface area contributed by atoms with Crippen LogP contribution in [0.15, 0.2) is 11.4 Å². The number of hydrogen-bond donors (Lipinski definition) is 1. The van der Waals surface area contributed by atoms with E-state index in [1.807, 2.05) is 11.4 Å². The van der Waals surface area contributed by atoms with Gasteiger partial charge < -0.3 is 19.5 Å². The SMILES string of the molecule is CNc1nc(OCCOCCCOC)c2ccsc2n1. The Morgan fingerprint density at radius 1 is 1.20 bits per heavy atom. The molecule has 7 heteroatoms. The van der Waals surface area contributed by atoms with E-state index in [-0.39, 0.29) is 0 Å². The highest BCUT2D eigenvalue weighted by molar-refractivity contribution is 7.16. The van der Waals surface area contributed by atoms with Crippen molar-refractivity contribution in [2.75, 3.05) is 45.9 Å². The molecule has 0 saturated heterocycles. The predicted molar refractivity (Wildman–Crippen MR) is 79.8 cm³/mol. The maximum absolute atomic E-state index is 5.69. The summed E-state index contributed by atoms with van der Waals surface area (Å²) in [5.41, 5.74) is 0. The molecule has 2 rings (SSSR count). The zero-order valence-corrected chi connectivity index (χ0v) is 12.5. The fourth-order valence-electron chi connectivity index (χ4n) is 1.65. The van der Waals surface area contributed by atoms with E-state index >= 15 is 0 Å². The third-order valence-electron chi connectivity index (χ3n) is 2.62. The first-order valence-corrected chi connectivity index (χ1v) is 7.35. The summed E-state index contributed by atoms with van der Waals surface area (Å²) >= 11 is 1.57. The number of anilines is 1. The highest BCUT2D eigenvalue weighted by Gasteiger charge is 2.09. The molecule has 0 fully saturated rings. The average molecular weight is 297 g/mol. The molecule has 0 aliphatic heterocycles. The van der Waals surface area contributed by atoms with Crippen LogP contribution in [-0.4, -0.2) is 50.6 Å². The number of hydrogen-bond acceptors (Lipinski definition) is 7. The maximum atomic E-state index is 5.69. The summed E-state index contributed by atoms with van der Waals surface area (Å²) in [6, 6.07) is 1.97. The molecule has 0 amide bonds. The van der Waals surface area contributed by atoms with Gasteiger partial charge in [0.25, 0.3) is 0 Å². The molecule has 0 unspecified atom stereocenters. The molecular formula is C13H19N3O3S. The van der Waals surface area contributed by atoms with E-state index in [0.29, 0.717) is 38.3 Å². The van der Waals surface area contributed by atoms with Crippen LogP contribution in [0.3, 0.4) is 0 Å². The third kappa shape index (κ3) is 4.03.